The van der Waals surface area contributed by atoms with Crippen LogP contribution in [0.3, 0.4) is 0 Å². The number of nitrogens with zero attached hydrogens (tertiary/aromatic N) is 2. The molecule has 1 heterocycles. The van der Waals surface area contributed by atoms with Crippen LogP contribution in [0.25, 0.3) is 0 Å². The molecule has 0 bridgehead atoms. The minimum Gasteiger partial charge on any atom is -0.383 e. The summed E-state index contributed by atoms with van der Waals surface area (Å²) in [5, 5.41) is 2.86. The zero-order valence-electron chi connectivity index (χ0n) is 12.6. The summed E-state index contributed by atoms with van der Waals surface area (Å²) in [5.41, 5.74) is 2.50. The van der Waals surface area contributed by atoms with E-state index in [1.165, 1.54) is 11.3 Å². The van der Waals surface area contributed by atoms with Crippen molar-refractivity contribution in [2.24, 2.45) is 0 Å². The highest BCUT2D eigenvalue weighted by molar-refractivity contribution is 9.10. The van der Waals surface area contributed by atoms with E-state index in [2.05, 4.69) is 51.3 Å². The van der Waals surface area contributed by atoms with Crippen LogP contribution in [0.15, 0.2) is 22.7 Å². The van der Waals surface area contributed by atoms with Gasteiger partial charge in [0.15, 0.2) is 0 Å². The van der Waals surface area contributed by atoms with Crippen molar-refractivity contribution in [3.8, 4) is 0 Å². The van der Waals surface area contributed by atoms with Gasteiger partial charge in [-0.3, -0.25) is 0 Å². The molecule has 0 radical (unpaired) electrons. The lowest BCUT2D eigenvalue weighted by Crippen LogP contribution is -2.52. The van der Waals surface area contributed by atoms with Crippen molar-refractivity contribution in [2.75, 3.05) is 51.3 Å². The van der Waals surface area contributed by atoms with Crippen LogP contribution in [-0.2, 0) is 4.74 Å². The number of ether oxygens (including phenoxy) is 1. The van der Waals surface area contributed by atoms with E-state index >= 15 is 0 Å². The molecule has 0 aromatic heterocycles. The third-order valence-corrected chi connectivity index (χ3v) is 4.14. The van der Waals surface area contributed by atoms with Gasteiger partial charge in [-0.15, -0.1) is 0 Å². The largest absolute Gasteiger partial charge is 0.383 e. The maximum Gasteiger partial charge on any atom is 0.317 e. The second-order valence-electron chi connectivity index (χ2n) is 5.13. The highest BCUT2D eigenvalue weighted by atomic mass is 79.9. The first-order valence-electron chi connectivity index (χ1n) is 7.14. The van der Waals surface area contributed by atoms with Crippen LogP contribution in [0.4, 0.5) is 10.5 Å². The molecule has 5 nitrogen and oxygen atoms in total. The molecule has 6 heteroatoms. The predicted molar refractivity (Wildman–Crippen MR) is 87.9 cm³/mol. The van der Waals surface area contributed by atoms with Gasteiger partial charge in [0.1, 0.15) is 0 Å². The number of amides is 2. The van der Waals surface area contributed by atoms with Crippen molar-refractivity contribution in [3.63, 3.8) is 0 Å². The summed E-state index contributed by atoms with van der Waals surface area (Å²) in [4.78, 5) is 16.2. The molecule has 21 heavy (non-hydrogen) atoms. The van der Waals surface area contributed by atoms with Crippen molar-refractivity contribution in [3.05, 3.63) is 28.2 Å². The molecule has 2 amide bonds. The van der Waals surface area contributed by atoms with Crippen LogP contribution in [0, 0.1) is 6.92 Å². The van der Waals surface area contributed by atoms with Gasteiger partial charge in [0.25, 0.3) is 0 Å². The Labute approximate surface area is 134 Å². The lowest BCUT2D eigenvalue weighted by molar-refractivity contribution is 0.177. The van der Waals surface area contributed by atoms with Crippen LogP contribution in [-0.4, -0.2) is 57.4 Å². The van der Waals surface area contributed by atoms with Gasteiger partial charge in [-0.05, 0) is 30.7 Å². The molecule has 2 rings (SSSR count). The van der Waals surface area contributed by atoms with E-state index < -0.39 is 0 Å². The first-order chi connectivity index (χ1) is 10.1. The fourth-order valence-corrected chi connectivity index (χ4v) is 2.97. The Kier molecular flexibility index (Phi) is 5.87. The quantitative estimate of drug-likeness (QED) is 0.842. The number of rotatable bonds is 4. The Bertz CT molecular complexity index is 488. The van der Waals surface area contributed by atoms with Crippen LogP contribution >= 0.6 is 15.9 Å². The van der Waals surface area contributed by atoms with Crippen LogP contribution in [0.5, 0.6) is 0 Å². The molecule has 116 valence electrons. The van der Waals surface area contributed by atoms with Gasteiger partial charge in [0.2, 0.25) is 0 Å². The van der Waals surface area contributed by atoms with Crippen molar-refractivity contribution in [2.45, 2.75) is 6.92 Å². The number of methoxy groups -OCH3 is 1. The van der Waals surface area contributed by atoms with E-state index in [1.807, 2.05) is 4.90 Å². The van der Waals surface area contributed by atoms with Gasteiger partial charge in [-0.25, -0.2) is 4.79 Å². The third-order valence-electron chi connectivity index (χ3n) is 3.65. The summed E-state index contributed by atoms with van der Waals surface area (Å²) in [6.45, 7) is 6.43. The number of hydrogen-bond acceptors (Lipinski definition) is 3. The van der Waals surface area contributed by atoms with Gasteiger partial charge in [-0.2, -0.15) is 0 Å². The van der Waals surface area contributed by atoms with Crippen molar-refractivity contribution in [1.29, 1.82) is 0 Å². The van der Waals surface area contributed by atoms with Crippen LogP contribution in [0.2, 0.25) is 0 Å². The third kappa shape index (κ3) is 4.35. The molecule has 1 aliphatic heterocycles. The molecule has 1 saturated heterocycles. The van der Waals surface area contributed by atoms with E-state index in [-0.39, 0.29) is 6.03 Å². The minimum atomic E-state index is -0.000715. The Morgan fingerprint density at radius 3 is 2.67 bits per heavy atom. The maximum atomic E-state index is 12.0. The molecule has 1 N–H and O–H groups in total. The summed E-state index contributed by atoms with van der Waals surface area (Å²) in [6.07, 6.45) is 0. The number of carbonyl (C=O) groups is 1. The van der Waals surface area contributed by atoms with E-state index in [0.717, 1.165) is 30.7 Å². The number of aryl methyl sites for hydroxylation is 1. The first kappa shape index (κ1) is 16.1. The highest BCUT2D eigenvalue weighted by Gasteiger charge is 2.21. The van der Waals surface area contributed by atoms with Crippen molar-refractivity contribution in [1.82, 2.24) is 10.2 Å². The van der Waals surface area contributed by atoms with E-state index in [9.17, 15) is 4.79 Å². The lowest BCUT2D eigenvalue weighted by atomic mass is 10.1. The SMILES string of the molecule is COCCNC(=O)N1CCN(c2ccc(Br)cc2C)CC1. The zero-order valence-corrected chi connectivity index (χ0v) is 14.1. The number of carbonyl (C=O) groups excluding carboxylic acids is 1. The number of anilines is 1. The molecular weight excluding hydrogens is 334 g/mol. The predicted octanol–water partition coefficient (Wildman–Crippen LogP) is 2.24. The Hall–Kier alpha value is -1.27. The molecule has 1 aliphatic rings. The topological polar surface area (TPSA) is 44.8 Å². The number of urea groups is 1. The normalized spacial score (nSPS) is 15.2. The molecule has 0 saturated carbocycles. The Balaban J connectivity index is 1.86. The average Bonchev–Trinajstić information content (AvgIpc) is 2.48. The summed E-state index contributed by atoms with van der Waals surface area (Å²) >= 11 is 3.49. The summed E-state index contributed by atoms with van der Waals surface area (Å²) in [6, 6.07) is 6.32. The highest BCUT2D eigenvalue weighted by Crippen LogP contribution is 2.24. The smallest absolute Gasteiger partial charge is 0.317 e. The maximum absolute atomic E-state index is 12.0. The average molecular weight is 356 g/mol. The molecule has 0 unspecified atom stereocenters. The standard InChI is InChI=1S/C15H22BrN3O2/c1-12-11-13(16)3-4-14(12)18-6-8-19(9-7-18)15(20)17-5-10-21-2/h3-4,11H,5-10H2,1-2H3,(H,17,20). The second-order valence-corrected chi connectivity index (χ2v) is 6.05. The van der Waals surface area contributed by atoms with Crippen molar-refractivity contribution < 1.29 is 9.53 Å². The fraction of sp³-hybridized carbons (Fsp3) is 0.533. The van der Waals surface area contributed by atoms with Crippen molar-refractivity contribution >= 4 is 27.6 Å². The first-order valence-corrected chi connectivity index (χ1v) is 7.94. The van der Waals surface area contributed by atoms with E-state index in [4.69, 9.17) is 4.74 Å². The molecular formula is C15H22BrN3O2. The summed E-state index contributed by atoms with van der Waals surface area (Å²) < 4.78 is 6.03. The Morgan fingerprint density at radius 2 is 2.05 bits per heavy atom. The minimum absolute atomic E-state index is 0.000715. The summed E-state index contributed by atoms with van der Waals surface area (Å²) in [7, 11) is 1.63. The van der Waals surface area contributed by atoms with Crippen LogP contribution in [0.1, 0.15) is 5.56 Å². The molecule has 0 atom stereocenters. The molecule has 1 aromatic carbocycles. The number of nitrogens with one attached hydrogen (secondary N) is 1. The zero-order chi connectivity index (χ0) is 15.2. The molecule has 1 aromatic rings. The molecule has 0 spiro atoms. The van der Waals surface area contributed by atoms with Gasteiger partial charge in [0, 0.05) is 50.0 Å². The number of benzene rings is 1. The number of piperazine rings is 1. The molecule has 1 fully saturated rings. The lowest BCUT2D eigenvalue weighted by Gasteiger charge is -2.36. The number of halogens is 1. The van der Waals surface area contributed by atoms with Gasteiger partial charge in [-0.1, -0.05) is 15.9 Å². The fourth-order valence-electron chi connectivity index (χ4n) is 2.50. The van der Waals surface area contributed by atoms with Crippen LogP contribution < -0.4 is 10.2 Å². The monoisotopic (exact) mass is 355 g/mol. The Morgan fingerprint density at radius 1 is 1.33 bits per heavy atom. The number of hydrogen-bond donors (Lipinski definition) is 1. The van der Waals surface area contributed by atoms with E-state index in [0.29, 0.717) is 13.2 Å². The summed E-state index contributed by atoms with van der Waals surface area (Å²) in [5.74, 6) is 0. The van der Waals surface area contributed by atoms with Gasteiger partial charge >= 0.3 is 6.03 Å². The second kappa shape index (κ2) is 7.66. The van der Waals surface area contributed by atoms with Gasteiger partial charge in [0.05, 0.1) is 6.61 Å². The molecule has 0 aliphatic carbocycles. The van der Waals surface area contributed by atoms with E-state index in [1.54, 1.807) is 7.11 Å². The van der Waals surface area contributed by atoms with Gasteiger partial charge < -0.3 is 19.9 Å².